The van der Waals surface area contributed by atoms with E-state index >= 15 is 0 Å². The van der Waals surface area contributed by atoms with Gasteiger partial charge in [-0.2, -0.15) is 0 Å². The third-order valence-corrected chi connectivity index (χ3v) is 5.42. The zero-order valence-corrected chi connectivity index (χ0v) is 12.5. The average molecular weight is 266 g/mol. The summed E-state index contributed by atoms with van der Waals surface area (Å²) in [4.78, 5) is 2.68. The molecule has 3 aliphatic rings. The second-order valence-electron chi connectivity index (χ2n) is 7.28. The van der Waals surface area contributed by atoms with Crippen LogP contribution in [0.2, 0.25) is 0 Å². The molecule has 1 saturated carbocycles. The zero-order valence-electron chi connectivity index (χ0n) is 12.5. The van der Waals surface area contributed by atoms with Crippen LogP contribution >= 0.6 is 0 Å². The van der Waals surface area contributed by atoms with E-state index in [0.29, 0.717) is 11.5 Å². The van der Waals surface area contributed by atoms with Gasteiger partial charge in [-0.05, 0) is 37.1 Å². The van der Waals surface area contributed by atoms with Crippen LogP contribution in [0.15, 0.2) is 0 Å². The lowest BCUT2D eigenvalue weighted by Gasteiger charge is -2.41. The fourth-order valence-corrected chi connectivity index (χ4v) is 4.21. The van der Waals surface area contributed by atoms with Gasteiger partial charge in [0.25, 0.3) is 0 Å². The maximum Gasteiger partial charge on any atom is 0.0730 e. The first kappa shape index (κ1) is 13.8. The summed E-state index contributed by atoms with van der Waals surface area (Å²) in [6.45, 7) is 9.36. The van der Waals surface area contributed by atoms with E-state index in [9.17, 15) is 0 Å². The molecule has 3 rings (SSSR count). The molecule has 2 atom stereocenters. The largest absolute Gasteiger partial charge is 0.375 e. The van der Waals surface area contributed by atoms with Crippen molar-refractivity contribution in [2.24, 2.45) is 11.3 Å². The lowest BCUT2D eigenvalue weighted by atomic mass is 9.84. The fourth-order valence-electron chi connectivity index (χ4n) is 4.21. The van der Waals surface area contributed by atoms with Gasteiger partial charge in [-0.15, -0.1) is 0 Å². The Balaban J connectivity index is 1.52. The Morgan fingerprint density at radius 1 is 1.26 bits per heavy atom. The van der Waals surface area contributed by atoms with Gasteiger partial charge in [0.05, 0.1) is 12.7 Å². The lowest BCUT2D eigenvalue weighted by Crippen LogP contribution is -2.49. The van der Waals surface area contributed by atoms with Gasteiger partial charge >= 0.3 is 0 Å². The van der Waals surface area contributed by atoms with Gasteiger partial charge in [-0.3, -0.25) is 4.90 Å². The standard InChI is InChI=1S/C16H30N2O/c1-16(7-8-17-12-16)13-18-9-10-19-15(11-18)14-5-3-2-4-6-14/h14-15,17H,2-13H2,1H3. The lowest BCUT2D eigenvalue weighted by molar-refractivity contribution is -0.0718. The molecule has 19 heavy (non-hydrogen) atoms. The SMILES string of the molecule is CC1(CN2CCOC(C3CCCCC3)C2)CCNC1. The van der Waals surface area contributed by atoms with Gasteiger partial charge in [-0.25, -0.2) is 0 Å². The molecule has 110 valence electrons. The molecule has 0 aromatic carbocycles. The van der Waals surface area contributed by atoms with E-state index in [2.05, 4.69) is 17.1 Å². The van der Waals surface area contributed by atoms with Crippen molar-refractivity contribution in [3.63, 3.8) is 0 Å². The highest BCUT2D eigenvalue weighted by Gasteiger charge is 2.34. The molecule has 1 N–H and O–H groups in total. The molecule has 2 aliphatic heterocycles. The van der Waals surface area contributed by atoms with Gasteiger partial charge in [0, 0.05) is 26.2 Å². The van der Waals surface area contributed by atoms with Crippen LogP contribution in [0.3, 0.4) is 0 Å². The number of hydrogen-bond acceptors (Lipinski definition) is 3. The smallest absolute Gasteiger partial charge is 0.0730 e. The molecule has 2 unspecified atom stereocenters. The molecule has 0 radical (unpaired) electrons. The maximum absolute atomic E-state index is 6.09. The van der Waals surface area contributed by atoms with Gasteiger partial charge in [0.1, 0.15) is 0 Å². The van der Waals surface area contributed by atoms with Crippen LogP contribution in [0, 0.1) is 11.3 Å². The van der Waals surface area contributed by atoms with Crippen molar-refractivity contribution in [3.8, 4) is 0 Å². The molecule has 0 aromatic rings. The Morgan fingerprint density at radius 2 is 2.11 bits per heavy atom. The Kier molecular flexibility index (Phi) is 4.45. The number of nitrogens with one attached hydrogen (secondary N) is 1. The summed E-state index contributed by atoms with van der Waals surface area (Å²) in [7, 11) is 0. The predicted molar refractivity (Wildman–Crippen MR) is 78.3 cm³/mol. The number of morpholine rings is 1. The summed E-state index contributed by atoms with van der Waals surface area (Å²) in [5.74, 6) is 0.839. The van der Waals surface area contributed by atoms with Crippen molar-refractivity contribution >= 4 is 0 Å². The second kappa shape index (κ2) is 6.11. The molecular formula is C16H30N2O. The molecule has 2 heterocycles. The quantitative estimate of drug-likeness (QED) is 0.848. The van der Waals surface area contributed by atoms with Crippen LogP contribution in [0.1, 0.15) is 45.4 Å². The van der Waals surface area contributed by atoms with Crippen molar-refractivity contribution in [3.05, 3.63) is 0 Å². The summed E-state index contributed by atoms with van der Waals surface area (Å²) in [5.41, 5.74) is 0.494. The van der Waals surface area contributed by atoms with E-state index < -0.39 is 0 Å². The average Bonchev–Trinajstić information content (AvgIpc) is 2.86. The van der Waals surface area contributed by atoms with E-state index in [0.717, 1.165) is 19.1 Å². The van der Waals surface area contributed by atoms with Crippen LogP contribution in [0.4, 0.5) is 0 Å². The first-order valence-electron chi connectivity index (χ1n) is 8.30. The molecule has 0 spiro atoms. The third-order valence-electron chi connectivity index (χ3n) is 5.42. The molecule has 0 bridgehead atoms. The highest BCUT2D eigenvalue weighted by Crippen LogP contribution is 2.31. The summed E-state index contributed by atoms with van der Waals surface area (Å²) in [6, 6.07) is 0. The molecule has 3 fully saturated rings. The second-order valence-corrected chi connectivity index (χ2v) is 7.28. The van der Waals surface area contributed by atoms with Crippen LogP contribution in [0.5, 0.6) is 0 Å². The highest BCUT2D eigenvalue weighted by molar-refractivity contribution is 4.89. The Morgan fingerprint density at radius 3 is 2.84 bits per heavy atom. The predicted octanol–water partition coefficient (Wildman–Crippen LogP) is 2.27. The molecule has 2 saturated heterocycles. The minimum atomic E-state index is 0.494. The molecule has 0 amide bonds. The van der Waals surface area contributed by atoms with E-state index in [-0.39, 0.29) is 0 Å². The van der Waals surface area contributed by atoms with Crippen molar-refractivity contribution in [1.29, 1.82) is 0 Å². The van der Waals surface area contributed by atoms with Crippen molar-refractivity contribution in [1.82, 2.24) is 10.2 Å². The third kappa shape index (κ3) is 3.50. The monoisotopic (exact) mass is 266 g/mol. The van der Waals surface area contributed by atoms with Gasteiger partial charge in [0.15, 0.2) is 0 Å². The van der Waals surface area contributed by atoms with Gasteiger partial charge in [-0.1, -0.05) is 26.2 Å². The molecular weight excluding hydrogens is 236 g/mol. The Bertz CT molecular complexity index is 282. The minimum absolute atomic E-state index is 0.494. The highest BCUT2D eigenvalue weighted by atomic mass is 16.5. The summed E-state index contributed by atoms with van der Waals surface area (Å²) in [6.07, 6.45) is 8.94. The summed E-state index contributed by atoms with van der Waals surface area (Å²) >= 11 is 0. The number of nitrogens with zero attached hydrogens (tertiary/aromatic N) is 1. The van der Waals surface area contributed by atoms with Crippen LogP contribution in [-0.2, 0) is 4.74 Å². The molecule has 0 aromatic heterocycles. The molecule has 1 aliphatic carbocycles. The maximum atomic E-state index is 6.09. The van der Waals surface area contributed by atoms with E-state index in [1.54, 1.807) is 0 Å². The van der Waals surface area contributed by atoms with Gasteiger partial charge < -0.3 is 10.1 Å². The Labute approximate surface area is 118 Å². The fraction of sp³-hybridized carbons (Fsp3) is 1.00. The van der Waals surface area contributed by atoms with Crippen molar-refractivity contribution in [2.45, 2.75) is 51.6 Å². The van der Waals surface area contributed by atoms with E-state index in [4.69, 9.17) is 4.74 Å². The van der Waals surface area contributed by atoms with Crippen LogP contribution in [0.25, 0.3) is 0 Å². The normalized spacial score (nSPS) is 38.7. The number of ether oxygens (including phenoxy) is 1. The van der Waals surface area contributed by atoms with E-state index in [1.807, 2.05) is 0 Å². The van der Waals surface area contributed by atoms with Crippen LogP contribution in [-0.4, -0.2) is 50.3 Å². The topological polar surface area (TPSA) is 24.5 Å². The van der Waals surface area contributed by atoms with E-state index in [1.165, 1.54) is 64.7 Å². The van der Waals surface area contributed by atoms with Crippen molar-refractivity contribution < 1.29 is 4.74 Å². The molecule has 3 nitrogen and oxygen atoms in total. The van der Waals surface area contributed by atoms with Crippen LogP contribution < -0.4 is 5.32 Å². The number of hydrogen-bond donors (Lipinski definition) is 1. The minimum Gasteiger partial charge on any atom is -0.375 e. The summed E-state index contributed by atoms with van der Waals surface area (Å²) < 4.78 is 6.09. The van der Waals surface area contributed by atoms with Gasteiger partial charge in [0.2, 0.25) is 0 Å². The first-order chi connectivity index (χ1) is 9.25. The Hall–Kier alpha value is -0.120. The summed E-state index contributed by atoms with van der Waals surface area (Å²) in [5, 5.41) is 3.52. The zero-order chi connectivity index (χ0) is 13.1. The number of rotatable bonds is 3. The van der Waals surface area contributed by atoms with Crippen molar-refractivity contribution in [2.75, 3.05) is 39.3 Å². The first-order valence-corrected chi connectivity index (χ1v) is 8.30. The molecule has 3 heteroatoms.